The van der Waals surface area contributed by atoms with Crippen molar-refractivity contribution in [3.8, 4) is 11.3 Å². The van der Waals surface area contributed by atoms with Crippen molar-refractivity contribution >= 4 is 5.82 Å². The number of anilines is 1. The fraction of sp³-hybridized carbons (Fsp3) is 0.412. The number of hydrogen-bond donors (Lipinski definition) is 1. The predicted octanol–water partition coefficient (Wildman–Crippen LogP) is 4.23. The first kappa shape index (κ1) is 13.1. The standard InChI is InChI=1S/C17H21N3/c1-2-10-18-17-11-16(19-12-20-17)15-8-6-14(7-9-15)13-4-3-5-13/h6-9,11-13H,2-5,10H2,1H3,(H,18,19,20). The van der Waals surface area contributed by atoms with Gasteiger partial charge >= 0.3 is 0 Å². The first-order chi connectivity index (χ1) is 9.86. The van der Waals surface area contributed by atoms with Gasteiger partial charge in [0, 0.05) is 18.2 Å². The third-order valence-electron chi connectivity index (χ3n) is 4.01. The Balaban J connectivity index is 1.77. The van der Waals surface area contributed by atoms with E-state index in [2.05, 4.69) is 46.5 Å². The summed E-state index contributed by atoms with van der Waals surface area (Å²) >= 11 is 0. The molecule has 0 radical (unpaired) electrons. The average Bonchev–Trinajstić information content (AvgIpc) is 2.44. The second-order valence-corrected chi connectivity index (χ2v) is 5.47. The highest BCUT2D eigenvalue weighted by atomic mass is 15.0. The molecule has 0 unspecified atom stereocenters. The van der Waals surface area contributed by atoms with E-state index in [1.54, 1.807) is 6.33 Å². The van der Waals surface area contributed by atoms with Gasteiger partial charge in [0.05, 0.1) is 5.69 Å². The number of nitrogens with zero attached hydrogens (tertiary/aromatic N) is 2. The van der Waals surface area contributed by atoms with Gasteiger partial charge in [-0.25, -0.2) is 9.97 Å². The van der Waals surface area contributed by atoms with Crippen LogP contribution in [0.25, 0.3) is 11.3 Å². The highest BCUT2D eigenvalue weighted by molar-refractivity contribution is 5.62. The zero-order valence-corrected chi connectivity index (χ0v) is 12.0. The molecule has 1 N–H and O–H groups in total. The molecule has 0 amide bonds. The van der Waals surface area contributed by atoms with Crippen LogP contribution in [0.15, 0.2) is 36.7 Å². The monoisotopic (exact) mass is 267 g/mol. The second kappa shape index (κ2) is 6.04. The van der Waals surface area contributed by atoms with Gasteiger partial charge in [0.25, 0.3) is 0 Å². The van der Waals surface area contributed by atoms with Crippen LogP contribution in [0.3, 0.4) is 0 Å². The zero-order valence-electron chi connectivity index (χ0n) is 12.0. The summed E-state index contributed by atoms with van der Waals surface area (Å²) in [5.41, 5.74) is 3.62. The minimum atomic E-state index is 0.788. The first-order valence-electron chi connectivity index (χ1n) is 7.53. The minimum Gasteiger partial charge on any atom is -0.370 e. The molecule has 0 atom stereocenters. The molecule has 1 saturated carbocycles. The Kier molecular flexibility index (Phi) is 3.95. The third-order valence-corrected chi connectivity index (χ3v) is 4.01. The van der Waals surface area contributed by atoms with E-state index in [-0.39, 0.29) is 0 Å². The first-order valence-corrected chi connectivity index (χ1v) is 7.53. The van der Waals surface area contributed by atoms with Crippen molar-refractivity contribution in [1.29, 1.82) is 0 Å². The van der Waals surface area contributed by atoms with Crippen molar-refractivity contribution in [1.82, 2.24) is 9.97 Å². The average molecular weight is 267 g/mol. The number of aromatic nitrogens is 2. The lowest BCUT2D eigenvalue weighted by Gasteiger charge is -2.25. The van der Waals surface area contributed by atoms with Crippen molar-refractivity contribution in [2.24, 2.45) is 0 Å². The maximum absolute atomic E-state index is 4.38. The van der Waals surface area contributed by atoms with Crippen LogP contribution in [0.2, 0.25) is 0 Å². The van der Waals surface area contributed by atoms with Crippen molar-refractivity contribution in [2.45, 2.75) is 38.5 Å². The molecule has 1 aromatic carbocycles. The van der Waals surface area contributed by atoms with Gasteiger partial charge in [-0.2, -0.15) is 0 Å². The van der Waals surface area contributed by atoms with E-state index in [0.717, 1.165) is 36.0 Å². The summed E-state index contributed by atoms with van der Waals surface area (Å²) < 4.78 is 0. The molecular weight excluding hydrogens is 246 g/mol. The largest absolute Gasteiger partial charge is 0.370 e. The SMILES string of the molecule is CCCNc1cc(-c2ccc(C3CCC3)cc2)ncn1. The summed E-state index contributed by atoms with van der Waals surface area (Å²) in [6, 6.07) is 10.9. The molecule has 20 heavy (non-hydrogen) atoms. The topological polar surface area (TPSA) is 37.8 Å². The van der Waals surface area contributed by atoms with E-state index in [1.165, 1.54) is 24.8 Å². The Hall–Kier alpha value is -1.90. The number of hydrogen-bond acceptors (Lipinski definition) is 3. The van der Waals surface area contributed by atoms with Gasteiger partial charge in [-0.15, -0.1) is 0 Å². The van der Waals surface area contributed by atoms with Gasteiger partial charge < -0.3 is 5.32 Å². The van der Waals surface area contributed by atoms with E-state index in [9.17, 15) is 0 Å². The Morgan fingerprint density at radius 1 is 1.15 bits per heavy atom. The molecule has 0 bridgehead atoms. The predicted molar refractivity (Wildman–Crippen MR) is 82.8 cm³/mol. The van der Waals surface area contributed by atoms with Gasteiger partial charge in [-0.05, 0) is 30.7 Å². The molecule has 0 saturated heterocycles. The van der Waals surface area contributed by atoms with E-state index < -0.39 is 0 Å². The van der Waals surface area contributed by atoms with Gasteiger partial charge in [0.15, 0.2) is 0 Å². The quantitative estimate of drug-likeness (QED) is 0.880. The Morgan fingerprint density at radius 3 is 2.60 bits per heavy atom. The fourth-order valence-corrected chi connectivity index (χ4v) is 2.53. The van der Waals surface area contributed by atoms with Crippen molar-refractivity contribution < 1.29 is 0 Å². The van der Waals surface area contributed by atoms with Crippen molar-refractivity contribution in [3.05, 3.63) is 42.2 Å². The lowest BCUT2D eigenvalue weighted by atomic mass is 9.80. The van der Waals surface area contributed by atoms with Crippen LogP contribution in [-0.2, 0) is 0 Å². The maximum Gasteiger partial charge on any atom is 0.129 e. The fourth-order valence-electron chi connectivity index (χ4n) is 2.53. The van der Waals surface area contributed by atoms with Crippen LogP contribution in [0.4, 0.5) is 5.82 Å². The molecule has 1 aromatic heterocycles. The van der Waals surface area contributed by atoms with E-state index in [4.69, 9.17) is 0 Å². The molecule has 0 spiro atoms. The smallest absolute Gasteiger partial charge is 0.129 e. The van der Waals surface area contributed by atoms with Crippen LogP contribution in [0.5, 0.6) is 0 Å². The molecule has 104 valence electrons. The Bertz CT molecular complexity index is 559. The molecule has 3 nitrogen and oxygen atoms in total. The van der Waals surface area contributed by atoms with Gasteiger partial charge in [0.2, 0.25) is 0 Å². The summed E-state index contributed by atoms with van der Waals surface area (Å²) in [5.74, 6) is 1.69. The summed E-state index contributed by atoms with van der Waals surface area (Å²) in [4.78, 5) is 8.62. The summed E-state index contributed by atoms with van der Waals surface area (Å²) in [5, 5.41) is 3.30. The summed E-state index contributed by atoms with van der Waals surface area (Å²) in [7, 11) is 0. The highest BCUT2D eigenvalue weighted by Crippen LogP contribution is 2.36. The maximum atomic E-state index is 4.38. The molecule has 1 heterocycles. The highest BCUT2D eigenvalue weighted by Gasteiger charge is 2.19. The summed E-state index contributed by atoms with van der Waals surface area (Å²) in [6.45, 7) is 3.09. The van der Waals surface area contributed by atoms with Gasteiger partial charge in [-0.3, -0.25) is 0 Å². The number of rotatable bonds is 5. The van der Waals surface area contributed by atoms with E-state index in [0.29, 0.717) is 0 Å². The van der Waals surface area contributed by atoms with Gasteiger partial charge in [0.1, 0.15) is 12.1 Å². The molecule has 1 fully saturated rings. The molecule has 3 rings (SSSR count). The normalized spacial score (nSPS) is 14.8. The lowest BCUT2D eigenvalue weighted by molar-refractivity contribution is 0.420. The lowest BCUT2D eigenvalue weighted by Crippen LogP contribution is -2.08. The van der Waals surface area contributed by atoms with E-state index >= 15 is 0 Å². The van der Waals surface area contributed by atoms with E-state index in [1.807, 2.05) is 6.07 Å². The minimum absolute atomic E-state index is 0.788. The molecule has 1 aliphatic rings. The number of nitrogens with one attached hydrogen (secondary N) is 1. The Labute approximate surface area is 120 Å². The Morgan fingerprint density at radius 2 is 1.95 bits per heavy atom. The van der Waals surface area contributed by atoms with Crippen LogP contribution >= 0.6 is 0 Å². The zero-order chi connectivity index (χ0) is 13.8. The molecule has 0 aliphatic heterocycles. The second-order valence-electron chi connectivity index (χ2n) is 5.47. The van der Waals surface area contributed by atoms with Crippen LogP contribution in [-0.4, -0.2) is 16.5 Å². The third kappa shape index (κ3) is 2.82. The number of benzene rings is 1. The summed E-state index contributed by atoms with van der Waals surface area (Å²) in [6.07, 6.45) is 6.79. The van der Waals surface area contributed by atoms with Gasteiger partial charge in [-0.1, -0.05) is 37.6 Å². The molecule has 3 heteroatoms. The van der Waals surface area contributed by atoms with Crippen molar-refractivity contribution in [3.63, 3.8) is 0 Å². The van der Waals surface area contributed by atoms with Crippen LogP contribution < -0.4 is 5.32 Å². The molecular formula is C17H21N3. The molecule has 2 aromatic rings. The van der Waals surface area contributed by atoms with Crippen LogP contribution in [0, 0.1) is 0 Å². The van der Waals surface area contributed by atoms with Crippen LogP contribution in [0.1, 0.15) is 44.1 Å². The van der Waals surface area contributed by atoms with Crippen molar-refractivity contribution in [2.75, 3.05) is 11.9 Å². The molecule has 1 aliphatic carbocycles.